The van der Waals surface area contributed by atoms with E-state index in [1.54, 1.807) is 0 Å². The van der Waals surface area contributed by atoms with Gasteiger partial charge in [-0.3, -0.25) is 9.59 Å². The summed E-state index contributed by atoms with van der Waals surface area (Å²) in [5.41, 5.74) is 0. The molecule has 8 heteroatoms. The number of halogens is 2. The number of unbranched alkanes of at least 4 members (excludes halogenated alkanes) is 7. The second-order valence-corrected chi connectivity index (χ2v) is 10.2. The van der Waals surface area contributed by atoms with Crippen LogP contribution in [-0.2, 0) is 9.59 Å². The van der Waals surface area contributed by atoms with E-state index in [0.29, 0.717) is 22.1 Å². The van der Waals surface area contributed by atoms with Crippen molar-refractivity contribution in [1.29, 1.82) is 0 Å². The van der Waals surface area contributed by atoms with E-state index in [1.807, 2.05) is 0 Å². The highest BCUT2D eigenvalue weighted by Gasteiger charge is 2.22. The number of carbonyl (C=O) groups is 2. The maximum Gasteiger partial charge on any atom is 0.275 e. The lowest BCUT2D eigenvalue weighted by Crippen LogP contribution is -3.00. The lowest BCUT2D eigenvalue weighted by Gasteiger charge is -2.31. The van der Waals surface area contributed by atoms with Crippen LogP contribution in [0.1, 0.15) is 78.1 Å². The van der Waals surface area contributed by atoms with Gasteiger partial charge < -0.3 is 53.6 Å². The van der Waals surface area contributed by atoms with Crippen LogP contribution in [-0.4, -0.2) is 88.2 Å². The zero-order chi connectivity index (χ0) is 22.9. The summed E-state index contributed by atoms with van der Waals surface area (Å²) in [7, 11) is 8.51. The molecule has 0 atom stereocenters. The molecular weight excluding hydrogens is 536 g/mol. The molecule has 2 N–H and O–H groups in total. The second kappa shape index (κ2) is 21.4. The summed E-state index contributed by atoms with van der Waals surface area (Å²) in [6, 6.07) is 0. The molecule has 0 rings (SSSR count). The SMILES string of the molecule is CCCCCCNC(=O)C[N+](C)(C)CCCC[N+](C)(C)CC(=O)NCCCCCC.[Br-].[Br-]. The Labute approximate surface area is 220 Å². The molecule has 0 spiro atoms. The van der Waals surface area contributed by atoms with Gasteiger partial charge in [-0.1, -0.05) is 52.4 Å². The number of amides is 2. The van der Waals surface area contributed by atoms with E-state index in [2.05, 4.69) is 52.7 Å². The van der Waals surface area contributed by atoms with Crippen LogP contribution in [0, 0.1) is 0 Å². The van der Waals surface area contributed by atoms with Crippen molar-refractivity contribution < 1.29 is 52.5 Å². The second-order valence-electron chi connectivity index (χ2n) is 10.2. The third kappa shape index (κ3) is 23.0. The van der Waals surface area contributed by atoms with Gasteiger partial charge >= 0.3 is 0 Å². The molecule has 32 heavy (non-hydrogen) atoms. The van der Waals surface area contributed by atoms with Crippen molar-refractivity contribution in [2.24, 2.45) is 0 Å². The lowest BCUT2D eigenvalue weighted by molar-refractivity contribution is -0.889. The van der Waals surface area contributed by atoms with Gasteiger partial charge in [0.1, 0.15) is 0 Å². The Bertz CT molecular complexity index is 433. The fourth-order valence-corrected chi connectivity index (χ4v) is 3.69. The summed E-state index contributed by atoms with van der Waals surface area (Å²) >= 11 is 0. The quantitative estimate of drug-likeness (QED) is 0.128. The molecule has 2 amide bonds. The summed E-state index contributed by atoms with van der Waals surface area (Å²) in [6.07, 6.45) is 11.6. The van der Waals surface area contributed by atoms with E-state index >= 15 is 0 Å². The first-order valence-corrected chi connectivity index (χ1v) is 12.3. The van der Waals surface area contributed by atoms with E-state index in [1.165, 1.54) is 38.5 Å². The van der Waals surface area contributed by atoms with Crippen LogP contribution >= 0.6 is 0 Å². The van der Waals surface area contributed by atoms with Crippen molar-refractivity contribution in [3.8, 4) is 0 Å². The summed E-state index contributed by atoms with van der Waals surface area (Å²) < 4.78 is 1.43. The molecule has 0 bridgehead atoms. The van der Waals surface area contributed by atoms with Crippen LogP contribution in [0.2, 0.25) is 0 Å². The van der Waals surface area contributed by atoms with Gasteiger partial charge in [-0.15, -0.1) is 0 Å². The molecule has 0 aliphatic rings. The maximum atomic E-state index is 12.2. The third-order valence-corrected chi connectivity index (χ3v) is 5.63. The van der Waals surface area contributed by atoms with Crippen LogP contribution in [0.3, 0.4) is 0 Å². The monoisotopic (exact) mass is 586 g/mol. The van der Waals surface area contributed by atoms with E-state index < -0.39 is 0 Å². The van der Waals surface area contributed by atoms with E-state index in [4.69, 9.17) is 0 Å². The largest absolute Gasteiger partial charge is 1.00 e. The minimum atomic E-state index is 0. The summed E-state index contributed by atoms with van der Waals surface area (Å²) in [5, 5.41) is 6.12. The van der Waals surface area contributed by atoms with Crippen LogP contribution < -0.4 is 44.6 Å². The standard InChI is InChI=1S/C24H50N4O2.2BrH/c1-7-9-11-13-17-25-23(29)21-27(3,4)19-15-16-20-28(5,6)22-24(30)26-18-14-12-10-8-2;;/h7-22H2,1-6H3;2*1H. The first kappa shape index (κ1) is 36.4. The molecule has 0 saturated heterocycles. The zero-order valence-electron chi connectivity index (χ0n) is 21.8. The van der Waals surface area contributed by atoms with Crippen molar-refractivity contribution in [2.75, 3.05) is 67.5 Å². The summed E-state index contributed by atoms with van der Waals surface area (Å²) in [5.74, 6) is 0.312. The molecular formula is C24H52Br2N4O2. The first-order valence-electron chi connectivity index (χ1n) is 12.3. The lowest BCUT2D eigenvalue weighted by atomic mass is 10.2. The molecule has 194 valence electrons. The van der Waals surface area contributed by atoms with Crippen molar-refractivity contribution in [3.05, 3.63) is 0 Å². The smallest absolute Gasteiger partial charge is 0.275 e. The molecule has 0 aromatic rings. The number of carbonyl (C=O) groups excluding carboxylic acids is 2. The Morgan fingerprint density at radius 3 is 1.22 bits per heavy atom. The number of hydrogen-bond acceptors (Lipinski definition) is 2. The van der Waals surface area contributed by atoms with E-state index in [9.17, 15) is 9.59 Å². The molecule has 0 aromatic carbocycles. The minimum Gasteiger partial charge on any atom is -1.00 e. The molecule has 0 aliphatic heterocycles. The van der Waals surface area contributed by atoms with Gasteiger partial charge in [-0.05, 0) is 12.8 Å². The molecule has 0 saturated carbocycles. The molecule has 0 fully saturated rings. The van der Waals surface area contributed by atoms with Gasteiger partial charge in [0.05, 0.1) is 41.3 Å². The average molecular weight is 589 g/mol. The average Bonchev–Trinajstić information content (AvgIpc) is 2.64. The zero-order valence-corrected chi connectivity index (χ0v) is 25.0. The predicted molar refractivity (Wildman–Crippen MR) is 127 cm³/mol. The molecule has 6 nitrogen and oxygen atoms in total. The Morgan fingerprint density at radius 2 is 0.906 bits per heavy atom. The fourth-order valence-electron chi connectivity index (χ4n) is 3.69. The van der Waals surface area contributed by atoms with Gasteiger partial charge in [0.15, 0.2) is 13.1 Å². The van der Waals surface area contributed by atoms with Gasteiger partial charge in [0.2, 0.25) is 0 Å². The number of likely N-dealkylation sites (N-methyl/N-ethyl adjacent to an activating group) is 2. The van der Waals surface area contributed by atoms with Crippen LogP contribution in [0.25, 0.3) is 0 Å². The molecule has 0 radical (unpaired) electrons. The van der Waals surface area contributed by atoms with E-state index in [-0.39, 0.29) is 45.8 Å². The van der Waals surface area contributed by atoms with Crippen molar-refractivity contribution in [3.63, 3.8) is 0 Å². The highest BCUT2D eigenvalue weighted by atomic mass is 79.9. The van der Waals surface area contributed by atoms with Crippen LogP contribution in [0.5, 0.6) is 0 Å². The third-order valence-electron chi connectivity index (χ3n) is 5.63. The van der Waals surface area contributed by atoms with Crippen LogP contribution in [0.4, 0.5) is 0 Å². The van der Waals surface area contributed by atoms with Crippen molar-refractivity contribution in [2.45, 2.75) is 78.1 Å². The number of nitrogens with zero attached hydrogens (tertiary/aromatic N) is 2. The molecule has 0 aromatic heterocycles. The van der Waals surface area contributed by atoms with Crippen LogP contribution in [0.15, 0.2) is 0 Å². The highest BCUT2D eigenvalue weighted by molar-refractivity contribution is 5.77. The Kier molecular flexibility index (Phi) is 24.3. The topological polar surface area (TPSA) is 58.2 Å². The molecule has 0 heterocycles. The van der Waals surface area contributed by atoms with Crippen molar-refractivity contribution >= 4 is 11.8 Å². The predicted octanol–water partition coefficient (Wildman–Crippen LogP) is -2.68. The van der Waals surface area contributed by atoms with Gasteiger partial charge in [0, 0.05) is 25.9 Å². The summed E-state index contributed by atoms with van der Waals surface area (Å²) in [4.78, 5) is 24.3. The minimum absolute atomic E-state index is 0. The Morgan fingerprint density at radius 1 is 0.562 bits per heavy atom. The summed E-state index contributed by atoms with van der Waals surface area (Å²) in [6.45, 7) is 9.01. The molecule has 0 aliphatic carbocycles. The van der Waals surface area contributed by atoms with Gasteiger partial charge in [0.25, 0.3) is 11.8 Å². The number of rotatable bonds is 19. The van der Waals surface area contributed by atoms with Gasteiger partial charge in [-0.25, -0.2) is 0 Å². The number of nitrogens with one attached hydrogen (secondary N) is 2. The number of hydrogen-bond donors (Lipinski definition) is 2. The Balaban J connectivity index is -0.00000420. The highest BCUT2D eigenvalue weighted by Crippen LogP contribution is 2.06. The van der Waals surface area contributed by atoms with E-state index in [0.717, 1.165) is 51.9 Å². The fraction of sp³-hybridized carbons (Fsp3) is 0.917. The van der Waals surface area contributed by atoms with Gasteiger partial charge in [-0.2, -0.15) is 0 Å². The molecule has 0 unspecified atom stereocenters. The maximum absolute atomic E-state index is 12.2. The Hall–Kier alpha value is -0.180. The normalized spacial score (nSPS) is 11.3. The first-order chi connectivity index (χ1) is 14.1. The number of quaternary nitrogens is 2. The van der Waals surface area contributed by atoms with Crippen molar-refractivity contribution in [1.82, 2.24) is 10.6 Å².